The monoisotopic (exact) mass is 310 g/mol. The van der Waals surface area contributed by atoms with E-state index >= 15 is 0 Å². The van der Waals surface area contributed by atoms with E-state index in [1.165, 1.54) is 0 Å². The van der Waals surface area contributed by atoms with E-state index in [9.17, 15) is 0 Å². The maximum absolute atomic E-state index is 6.11. The van der Waals surface area contributed by atoms with Crippen molar-refractivity contribution >= 4 is 51.8 Å². The van der Waals surface area contributed by atoms with E-state index in [2.05, 4.69) is 5.32 Å². The van der Waals surface area contributed by atoms with Gasteiger partial charge in [-0.05, 0) is 42.8 Å². The summed E-state index contributed by atoms with van der Waals surface area (Å²) in [6.45, 7) is 1.95. The van der Waals surface area contributed by atoms with Crippen molar-refractivity contribution in [1.29, 1.82) is 0 Å². The minimum Gasteiger partial charge on any atom is -0.389 e. The predicted molar refractivity (Wildman–Crippen MR) is 86.8 cm³/mol. The Kier molecular flexibility index (Phi) is 4.30. The van der Waals surface area contributed by atoms with Crippen LogP contribution in [-0.4, -0.2) is 4.99 Å². The van der Waals surface area contributed by atoms with E-state index in [1.807, 2.05) is 25.1 Å². The summed E-state index contributed by atoms with van der Waals surface area (Å²) in [4.78, 5) is 0.389. The molecule has 0 bridgehead atoms. The lowest BCUT2D eigenvalue weighted by atomic mass is 10.1. The normalized spacial score (nSPS) is 10.3. The third-order valence-electron chi connectivity index (χ3n) is 2.72. The Bertz CT molecular complexity index is 621. The summed E-state index contributed by atoms with van der Waals surface area (Å²) in [5.74, 6) is 0. The lowest BCUT2D eigenvalue weighted by Crippen LogP contribution is -2.11. The van der Waals surface area contributed by atoms with E-state index < -0.39 is 0 Å². The Morgan fingerprint density at radius 3 is 2.32 bits per heavy atom. The van der Waals surface area contributed by atoms with Crippen molar-refractivity contribution in [2.24, 2.45) is 5.73 Å². The van der Waals surface area contributed by atoms with Crippen molar-refractivity contribution in [3.8, 4) is 0 Å². The van der Waals surface area contributed by atoms with Crippen LogP contribution in [0.3, 0.4) is 0 Å². The largest absolute Gasteiger partial charge is 0.389 e. The maximum Gasteiger partial charge on any atom is 0.104 e. The van der Waals surface area contributed by atoms with Gasteiger partial charge in [0, 0.05) is 11.3 Å². The number of para-hydroxylation sites is 1. The van der Waals surface area contributed by atoms with Gasteiger partial charge in [0.15, 0.2) is 0 Å². The van der Waals surface area contributed by atoms with Gasteiger partial charge in [0.05, 0.1) is 15.7 Å². The number of nitrogens with one attached hydrogen (secondary N) is 1. The van der Waals surface area contributed by atoms with E-state index in [1.54, 1.807) is 18.2 Å². The van der Waals surface area contributed by atoms with Gasteiger partial charge in [-0.15, -0.1) is 0 Å². The zero-order valence-electron chi connectivity index (χ0n) is 10.2. The summed E-state index contributed by atoms with van der Waals surface area (Å²) in [7, 11) is 0. The molecular weight excluding hydrogens is 299 g/mol. The van der Waals surface area contributed by atoms with Crippen LogP contribution in [0.15, 0.2) is 36.4 Å². The van der Waals surface area contributed by atoms with Gasteiger partial charge >= 0.3 is 0 Å². The number of aryl methyl sites for hydroxylation is 1. The number of thiocarbonyl (C=S) groups is 1. The molecule has 0 aliphatic rings. The topological polar surface area (TPSA) is 38.0 Å². The number of hydrogen-bond acceptors (Lipinski definition) is 2. The zero-order valence-corrected chi connectivity index (χ0v) is 12.5. The molecule has 2 aromatic carbocycles. The third-order valence-corrected chi connectivity index (χ3v) is 3.57. The van der Waals surface area contributed by atoms with Gasteiger partial charge in [-0.2, -0.15) is 0 Å². The molecule has 0 saturated carbocycles. The molecule has 0 aliphatic heterocycles. The number of halogens is 2. The second-order valence-electron chi connectivity index (χ2n) is 4.12. The predicted octanol–water partition coefficient (Wildman–Crippen LogP) is 4.68. The van der Waals surface area contributed by atoms with Crippen molar-refractivity contribution < 1.29 is 0 Å². The molecule has 3 N–H and O–H groups in total. The van der Waals surface area contributed by atoms with Gasteiger partial charge in [-0.1, -0.05) is 41.5 Å². The lowest BCUT2D eigenvalue weighted by Gasteiger charge is -2.12. The van der Waals surface area contributed by atoms with Gasteiger partial charge in [0.25, 0.3) is 0 Å². The number of benzene rings is 2. The first-order valence-corrected chi connectivity index (χ1v) is 6.77. The van der Waals surface area contributed by atoms with Crippen LogP contribution in [0.4, 0.5) is 11.4 Å². The number of nitrogens with two attached hydrogens (primary N) is 1. The molecule has 0 aliphatic carbocycles. The minimum atomic E-state index is 0.389. The molecule has 0 heterocycles. The van der Waals surface area contributed by atoms with Crippen LogP contribution in [0.1, 0.15) is 11.1 Å². The average molecular weight is 311 g/mol. The van der Waals surface area contributed by atoms with Gasteiger partial charge in [0.1, 0.15) is 4.99 Å². The van der Waals surface area contributed by atoms with Crippen molar-refractivity contribution in [3.05, 3.63) is 57.6 Å². The van der Waals surface area contributed by atoms with Gasteiger partial charge < -0.3 is 11.1 Å². The fourth-order valence-electron chi connectivity index (χ4n) is 1.78. The molecule has 0 unspecified atom stereocenters. The van der Waals surface area contributed by atoms with E-state index in [4.69, 9.17) is 41.2 Å². The quantitative estimate of drug-likeness (QED) is 0.808. The highest BCUT2D eigenvalue weighted by Gasteiger charge is 2.07. The Hall–Kier alpha value is -1.29. The average Bonchev–Trinajstić information content (AvgIpc) is 2.33. The molecule has 0 atom stereocenters. The number of rotatable bonds is 3. The number of anilines is 2. The Balaban J connectivity index is 2.34. The van der Waals surface area contributed by atoms with Crippen molar-refractivity contribution in [1.82, 2.24) is 0 Å². The molecule has 2 rings (SSSR count). The number of hydrogen-bond donors (Lipinski definition) is 2. The van der Waals surface area contributed by atoms with Crippen molar-refractivity contribution in [2.45, 2.75) is 6.92 Å². The highest BCUT2D eigenvalue weighted by molar-refractivity contribution is 7.80. The first kappa shape index (κ1) is 14.1. The summed E-state index contributed by atoms with van der Waals surface area (Å²) < 4.78 is 0. The van der Waals surface area contributed by atoms with E-state index in [0.29, 0.717) is 20.7 Å². The summed E-state index contributed by atoms with van der Waals surface area (Å²) in [5, 5.41) is 4.34. The highest BCUT2D eigenvalue weighted by Crippen LogP contribution is 2.32. The van der Waals surface area contributed by atoms with Crippen LogP contribution in [0, 0.1) is 6.92 Å². The molecule has 0 saturated heterocycles. The molecule has 5 heteroatoms. The maximum atomic E-state index is 6.11. The highest BCUT2D eigenvalue weighted by atomic mass is 35.5. The molecule has 0 radical (unpaired) electrons. The molecule has 98 valence electrons. The first-order chi connectivity index (χ1) is 8.99. The second-order valence-corrected chi connectivity index (χ2v) is 5.37. The fraction of sp³-hybridized carbons (Fsp3) is 0.0714. The lowest BCUT2D eigenvalue weighted by molar-refractivity contribution is 1.42. The molecule has 19 heavy (non-hydrogen) atoms. The smallest absolute Gasteiger partial charge is 0.104 e. The standard InChI is InChI=1S/C14H12Cl2N2S/c1-8-7-9(5-6-10(8)14(17)19)18-13-11(15)3-2-4-12(13)16/h2-7,18H,1H3,(H2,17,19). The van der Waals surface area contributed by atoms with Gasteiger partial charge in [0.2, 0.25) is 0 Å². The molecule has 0 spiro atoms. The molecule has 0 amide bonds. The van der Waals surface area contributed by atoms with Crippen molar-refractivity contribution in [2.75, 3.05) is 5.32 Å². The van der Waals surface area contributed by atoms with Crippen LogP contribution in [0.25, 0.3) is 0 Å². The van der Waals surface area contributed by atoms with Crippen LogP contribution < -0.4 is 11.1 Å². The molecule has 0 aromatic heterocycles. The summed E-state index contributed by atoms with van der Waals surface area (Å²) >= 11 is 17.2. The Morgan fingerprint density at radius 1 is 1.16 bits per heavy atom. The third kappa shape index (κ3) is 3.18. The molecular formula is C14H12Cl2N2S. The SMILES string of the molecule is Cc1cc(Nc2c(Cl)cccc2Cl)ccc1C(N)=S. The molecule has 2 nitrogen and oxygen atoms in total. The fourth-order valence-corrected chi connectivity index (χ4v) is 2.50. The van der Waals surface area contributed by atoms with E-state index in [-0.39, 0.29) is 0 Å². The minimum absolute atomic E-state index is 0.389. The summed E-state index contributed by atoms with van der Waals surface area (Å²) in [6.07, 6.45) is 0. The Labute approximate surface area is 127 Å². The Morgan fingerprint density at radius 2 is 1.79 bits per heavy atom. The zero-order chi connectivity index (χ0) is 14.0. The van der Waals surface area contributed by atoms with Gasteiger partial charge in [-0.25, -0.2) is 0 Å². The second kappa shape index (κ2) is 5.78. The van der Waals surface area contributed by atoms with Crippen LogP contribution in [-0.2, 0) is 0 Å². The van der Waals surface area contributed by atoms with Crippen molar-refractivity contribution in [3.63, 3.8) is 0 Å². The van der Waals surface area contributed by atoms with Crippen LogP contribution in [0.5, 0.6) is 0 Å². The van der Waals surface area contributed by atoms with Crippen LogP contribution in [0.2, 0.25) is 10.0 Å². The molecule has 0 fully saturated rings. The first-order valence-electron chi connectivity index (χ1n) is 5.60. The summed E-state index contributed by atoms with van der Waals surface area (Å²) in [5.41, 5.74) is 9.07. The van der Waals surface area contributed by atoms with Gasteiger partial charge in [-0.3, -0.25) is 0 Å². The van der Waals surface area contributed by atoms with Crippen LogP contribution >= 0.6 is 35.4 Å². The molecule has 2 aromatic rings. The van der Waals surface area contributed by atoms with E-state index in [0.717, 1.165) is 16.8 Å². The summed E-state index contributed by atoms with van der Waals surface area (Å²) in [6, 6.07) is 11.1.